The van der Waals surface area contributed by atoms with Gasteiger partial charge in [-0.25, -0.2) is 9.38 Å². The molecule has 0 aliphatic carbocycles. The summed E-state index contributed by atoms with van der Waals surface area (Å²) in [6.45, 7) is 3.77. The first-order chi connectivity index (χ1) is 10.2. The SMILES string of the molecule is CCNC(=NCc1ccccc1F)NCc1ccc(Br)s1. The fraction of sp³-hybridized carbons (Fsp3) is 0.267. The van der Waals surface area contributed by atoms with Crippen molar-refractivity contribution in [1.29, 1.82) is 0 Å². The number of hydrogen-bond acceptors (Lipinski definition) is 2. The molecular formula is C15H17BrFN3S. The minimum Gasteiger partial charge on any atom is -0.357 e. The number of rotatable bonds is 5. The molecule has 0 unspecified atom stereocenters. The lowest BCUT2D eigenvalue weighted by Crippen LogP contribution is -2.36. The van der Waals surface area contributed by atoms with Crippen LogP contribution in [0.2, 0.25) is 0 Å². The minimum atomic E-state index is -0.223. The van der Waals surface area contributed by atoms with Crippen molar-refractivity contribution in [2.45, 2.75) is 20.0 Å². The predicted octanol–water partition coefficient (Wildman–Crippen LogP) is 3.91. The van der Waals surface area contributed by atoms with Crippen LogP contribution in [0.3, 0.4) is 0 Å². The molecule has 0 aliphatic heterocycles. The molecule has 0 radical (unpaired) electrons. The highest BCUT2D eigenvalue weighted by Gasteiger charge is 2.03. The Hall–Kier alpha value is -1.40. The quantitative estimate of drug-likeness (QED) is 0.619. The van der Waals surface area contributed by atoms with Gasteiger partial charge in [0.25, 0.3) is 0 Å². The third kappa shape index (κ3) is 5.13. The Morgan fingerprint density at radius 2 is 2.05 bits per heavy atom. The summed E-state index contributed by atoms with van der Waals surface area (Å²) in [6, 6.07) is 10.8. The molecule has 0 aliphatic rings. The van der Waals surface area contributed by atoms with E-state index in [0.29, 0.717) is 24.6 Å². The van der Waals surface area contributed by atoms with Crippen molar-refractivity contribution in [3.05, 3.63) is 56.4 Å². The van der Waals surface area contributed by atoms with Gasteiger partial charge in [-0.1, -0.05) is 18.2 Å². The molecule has 0 spiro atoms. The molecular weight excluding hydrogens is 353 g/mol. The summed E-state index contributed by atoms with van der Waals surface area (Å²) in [5.74, 6) is 0.463. The van der Waals surface area contributed by atoms with Crippen molar-refractivity contribution in [2.24, 2.45) is 4.99 Å². The highest BCUT2D eigenvalue weighted by molar-refractivity contribution is 9.11. The smallest absolute Gasteiger partial charge is 0.191 e. The van der Waals surface area contributed by atoms with Gasteiger partial charge >= 0.3 is 0 Å². The van der Waals surface area contributed by atoms with E-state index in [4.69, 9.17) is 0 Å². The van der Waals surface area contributed by atoms with Crippen LogP contribution in [-0.2, 0) is 13.1 Å². The molecule has 2 N–H and O–H groups in total. The van der Waals surface area contributed by atoms with E-state index in [2.05, 4.69) is 37.6 Å². The van der Waals surface area contributed by atoms with Gasteiger partial charge in [0.15, 0.2) is 5.96 Å². The Morgan fingerprint density at radius 1 is 1.24 bits per heavy atom. The maximum Gasteiger partial charge on any atom is 0.191 e. The molecule has 2 rings (SSSR count). The molecule has 0 amide bonds. The average Bonchev–Trinajstić information content (AvgIpc) is 2.89. The van der Waals surface area contributed by atoms with Crippen LogP contribution in [0.15, 0.2) is 45.2 Å². The number of halogens is 2. The van der Waals surface area contributed by atoms with E-state index in [0.717, 1.165) is 10.3 Å². The van der Waals surface area contributed by atoms with E-state index >= 15 is 0 Å². The maximum absolute atomic E-state index is 13.6. The molecule has 0 fully saturated rings. The summed E-state index contributed by atoms with van der Waals surface area (Å²) in [7, 11) is 0. The first-order valence-corrected chi connectivity index (χ1v) is 8.29. The zero-order valence-corrected chi connectivity index (χ0v) is 14.1. The summed E-state index contributed by atoms with van der Waals surface area (Å²) in [4.78, 5) is 5.62. The van der Waals surface area contributed by atoms with E-state index in [1.54, 1.807) is 23.5 Å². The van der Waals surface area contributed by atoms with Crippen LogP contribution < -0.4 is 10.6 Å². The fourth-order valence-corrected chi connectivity index (χ4v) is 3.17. The van der Waals surface area contributed by atoms with Gasteiger partial charge in [-0.2, -0.15) is 0 Å². The molecule has 112 valence electrons. The van der Waals surface area contributed by atoms with Gasteiger partial charge in [-0.3, -0.25) is 0 Å². The van der Waals surface area contributed by atoms with Crippen LogP contribution in [0.4, 0.5) is 4.39 Å². The molecule has 21 heavy (non-hydrogen) atoms. The van der Waals surface area contributed by atoms with E-state index in [9.17, 15) is 4.39 Å². The van der Waals surface area contributed by atoms with Gasteiger partial charge in [0, 0.05) is 17.0 Å². The average molecular weight is 370 g/mol. The normalized spacial score (nSPS) is 11.5. The van der Waals surface area contributed by atoms with E-state index in [1.807, 2.05) is 19.1 Å². The monoisotopic (exact) mass is 369 g/mol. The first kappa shape index (κ1) is 16.0. The second-order valence-electron chi connectivity index (χ2n) is 4.35. The van der Waals surface area contributed by atoms with Crippen molar-refractivity contribution in [1.82, 2.24) is 10.6 Å². The molecule has 0 saturated carbocycles. The molecule has 1 aromatic carbocycles. The predicted molar refractivity (Wildman–Crippen MR) is 90.1 cm³/mol. The Morgan fingerprint density at radius 3 is 2.71 bits per heavy atom. The van der Waals surface area contributed by atoms with Gasteiger partial charge in [-0.15, -0.1) is 11.3 Å². The Balaban J connectivity index is 1.97. The highest BCUT2D eigenvalue weighted by atomic mass is 79.9. The number of guanidine groups is 1. The third-order valence-corrected chi connectivity index (χ3v) is 4.39. The van der Waals surface area contributed by atoms with E-state index in [-0.39, 0.29) is 5.82 Å². The second-order valence-corrected chi connectivity index (χ2v) is 6.89. The standard InChI is InChI=1S/C15H17BrFN3S/c1-2-18-15(20-10-12-7-8-14(16)21-12)19-9-11-5-3-4-6-13(11)17/h3-8H,2,9-10H2,1H3,(H2,18,19,20). The number of hydrogen-bond donors (Lipinski definition) is 2. The lowest BCUT2D eigenvalue weighted by atomic mass is 10.2. The van der Waals surface area contributed by atoms with Crippen molar-refractivity contribution >= 4 is 33.2 Å². The maximum atomic E-state index is 13.6. The minimum absolute atomic E-state index is 0.223. The van der Waals surface area contributed by atoms with Crippen molar-refractivity contribution < 1.29 is 4.39 Å². The van der Waals surface area contributed by atoms with E-state index < -0.39 is 0 Å². The molecule has 1 aromatic heterocycles. The van der Waals surface area contributed by atoms with Crippen LogP contribution in [-0.4, -0.2) is 12.5 Å². The molecule has 0 saturated heterocycles. The zero-order valence-electron chi connectivity index (χ0n) is 11.7. The number of benzene rings is 1. The molecule has 0 bridgehead atoms. The van der Waals surface area contributed by atoms with Crippen LogP contribution in [0, 0.1) is 5.82 Å². The third-order valence-electron chi connectivity index (χ3n) is 2.77. The molecule has 3 nitrogen and oxygen atoms in total. The van der Waals surface area contributed by atoms with Gasteiger partial charge in [0.1, 0.15) is 5.82 Å². The lowest BCUT2D eigenvalue weighted by Gasteiger charge is -2.10. The molecule has 6 heteroatoms. The summed E-state index contributed by atoms with van der Waals surface area (Å²) in [5, 5.41) is 6.40. The van der Waals surface area contributed by atoms with Crippen molar-refractivity contribution in [3.8, 4) is 0 Å². The van der Waals surface area contributed by atoms with Crippen LogP contribution in [0.1, 0.15) is 17.4 Å². The molecule has 1 heterocycles. The zero-order chi connectivity index (χ0) is 15.1. The van der Waals surface area contributed by atoms with Gasteiger partial charge in [0.2, 0.25) is 0 Å². The fourth-order valence-electron chi connectivity index (χ4n) is 1.75. The van der Waals surface area contributed by atoms with Gasteiger partial charge in [-0.05, 0) is 41.1 Å². The lowest BCUT2D eigenvalue weighted by molar-refractivity contribution is 0.610. The van der Waals surface area contributed by atoms with Crippen LogP contribution in [0.25, 0.3) is 0 Å². The van der Waals surface area contributed by atoms with Gasteiger partial charge in [0.05, 0.1) is 16.9 Å². The Bertz CT molecular complexity index is 612. The number of nitrogens with one attached hydrogen (secondary N) is 2. The summed E-state index contributed by atoms with van der Waals surface area (Å²) >= 11 is 5.12. The van der Waals surface area contributed by atoms with E-state index in [1.165, 1.54) is 10.9 Å². The Kier molecular flexibility index (Phi) is 6.20. The summed E-state index contributed by atoms with van der Waals surface area (Å²) < 4.78 is 14.7. The van der Waals surface area contributed by atoms with Crippen LogP contribution in [0.5, 0.6) is 0 Å². The topological polar surface area (TPSA) is 36.4 Å². The highest BCUT2D eigenvalue weighted by Crippen LogP contribution is 2.21. The molecule has 2 aromatic rings. The second kappa shape index (κ2) is 8.14. The van der Waals surface area contributed by atoms with Crippen molar-refractivity contribution in [3.63, 3.8) is 0 Å². The first-order valence-electron chi connectivity index (χ1n) is 6.69. The largest absolute Gasteiger partial charge is 0.357 e. The van der Waals surface area contributed by atoms with Crippen LogP contribution >= 0.6 is 27.3 Å². The van der Waals surface area contributed by atoms with Crippen molar-refractivity contribution in [2.75, 3.05) is 6.54 Å². The number of thiophene rings is 1. The summed E-state index contributed by atoms with van der Waals surface area (Å²) in [5.41, 5.74) is 0.591. The Labute approximate surface area is 136 Å². The summed E-state index contributed by atoms with van der Waals surface area (Å²) in [6.07, 6.45) is 0. The number of aliphatic imine (C=N–C) groups is 1. The molecule has 0 atom stereocenters. The number of nitrogens with zero attached hydrogens (tertiary/aromatic N) is 1. The van der Waals surface area contributed by atoms with Gasteiger partial charge < -0.3 is 10.6 Å².